The van der Waals surface area contributed by atoms with Gasteiger partial charge in [0.1, 0.15) is 5.82 Å². The molecule has 1 atom stereocenters. The summed E-state index contributed by atoms with van der Waals surface area (Å²) in [5.74, 6) is 0.0902. The number of hydrogen-bond acceptors (Lipinski definition) is 5. The highest BCUT2D eigenvalue weighted by molar-refractivity contribution is 6.30. The standard InChI is InChI=1S/C20H19ClF3N7O/c1-12-28-29-17(31(12)11-13-4-6-14(21)7-5-13)16-3-2-8-30(16)19(32)27-15-9-25-18(26-10-15)20(22,23)24/h4-7,9-10,16H,2-3,8,11H2,1H3,(H,27,32)/t16-/m1/s1. The minimum absolute atomic E-state index is 0.0764. The van der Waals surface area contributed by atoms with Crippen molar-refractivity contribution in [3.8, 4) is 0 Å². The third kappa shape index (κ3) is 4.67. The van der Waals surface area contributed by atoms with Gasteiger partial charge in [-0.25, -0.2) is 14.8 Å². The molecule has 0 unspecified atom stereocenters. The van der Waals surface area contributed by atoms with Gasteiger partial charge in [-0.2, -0.15) is 13.2 Å². The van der Waals surface area contributed by atoms with Crippen LogP contribution in [0.25, 0.3) is 0 Å². The van der Waals surface area contributed by atoms with Gasteiger partial charge in [-0.1, -0.05) is 23.7 Å². The molecule has 2 amide bonds. The van der Waals surface area contributed by atoms with Crippen molar-refractivity contribution in [3.63, 3.8) is 0 Å². The van der Waals surface area contributed by atoms with Crippen LogP contribution in [-0.2, 0) is 12.7 Å². The third-order valence-electron chi connectivity index (χ3n) is 5.19. The van der Waals surface area contributed by atoms with E-state index in [1.807, 2.05) is 23.6 Å². The fourth-order valence-corrected chi connectivity index (χ4v) is 3.75. The van der Waals surface area contributed by atoms with E-state index in [0.717, 1.165) is 24.4 Å². The fraction of sp³-hybridized carbons (Fsp3) is 0.350. The normalized spacial score (nSPS) is 16.4. The molecule has 1 fully saturated rings. The molecule has 1 aliphatic heterocycles. The minimum Gasteiger partial charge on any atom is -0.314 e. The van der Waals surface area contributed by atoms with Gasteiger partial charge in [0, 0.05) is 11.6 Å². The Kier molecular flexibility index (Phi) is 6.00. The maximum atomic E-state index is 12.9. The van der Waals surface area contributed by atoms with Crippen LogP contribution in [0.3, 0.4) is 0 Å². The van der Waals surface area contributed by atoms with Crippen LogP contribution in [0.4, 0.5) is 23.7 Å². The molecule has 0 spiro atoms. The molecular formula is C20H19ClF3N7O. The van der Waals surface area contributed by atoms with Gasteiger partial charge in [-0.05, 0) is 37.5 Å². The highest BCUT2D eigenvalue weighted by Gasteiger charge is 2.36. The van der Waals surface area contributed by atoms with Gasteiger partial charge < -0.3 is 14.8 Å². The number of carbonyl (C=O) groups excluding carboxylic acids is 1. The van der Waals surface area contributed by atoms with E-state index in [1.54, 1.807) is 17.0 Å². The van der Waals surface area contributed by atoms with Gasteiger partial charge in [0.05, 0.1) is 30.7 Å². The molecule has 12 heteroatoms. The lowest BCUT2D eigenvalue weighted by Gasteiger charge is -2.25. The minimum atomic E-state index is -4.64. The number of likely N-dealkylation sites (tertiary alicyclic amines) is 1. The summed E-state index contributed by atoms with van der Waals surface area (Å²) in [5.41, 5.74) is 1.09. The SMILES string of the molecule is Cc1nnc([C@H]2CCCN2C(=O)Nc2cnc(C(F)(F)F)nc2)n1Cc1ccc(Cl)cc1. The fourth-order valence-electron chi connectivity index (χ4n) is 3.62. The van der Waals surface area contributed by atoms with Crippen molar-refractivity contribution in [1.29, 1.82) is 0 Å². The third-order valence-corrected chi connectivity index (χ3v) is 5.44. The van der Waals surface area contributed by atoms with Crippen LogP contribution in [0.2, 0.25) is 5.02 Å². The zero-order valence-electron chi connectivity index (χ0n) is 17.0. The maximum Gasteiger partial charge on any atom is 0.451 e. The second-order valence-corrected chi connectivity index (χ2v) is 7.83. The summed E-state index contributed by atoms with van der Waals surface area (Å²) in [6, 6.07) is 6.65. The van der Waals surface area contributed by atoms with E-state index in [4.69, 9.17) is 11.6 Å². The number of aromatic nitrogens is 5. The number of anilines is 1. The average Bonchev–Trinajstić information content (AvgIpc) is 3.36. The number of nitrogens with zero attached hydrogens (tertiary/aromatic N) is 6. The summed E-state index contributed by atoms with van der Waals surface area (Å²) < 4.78 is 39.9. The summed E-state index contributed by atoms with van der Waals surface area (Å²) in [6.07, 6.45) is -1.32. The van der Waals surface area contributed by atoms with Gasteiger partial charge in [-0.3, -0.25) is 0 Å². The molecule has 8 nitrogen and oxygen atoms in total. The van der Waals surface area contributed by atoms with E-state index in [1.165, 1.54) is 0 Å². The topological polar surface area (TPSA) is 88.8 Å². The molecule has 1 N–H and O–H groups in total. The highest BCUT2D eigenvalue weighted by Crippen LogP contribution is 2.32. The molecule has 2 aromatic heterocycles. The van der Waals surface area contributed by atoms with E-state index in [9.17, 15) is 18.0 Å². The number of aryl methyl sites for hydroxylation is 1. The zero-order valence-corrected chi connectivity index (χ0v) is 17.7. The largest absolute Gasteiger partial charge is 0.451 e. The number of halogens is 4. The van der Waals surface area contributed by atoms with Crippen molar-refractivity contribution in [1.82, 2.24) is 29.6 Å². The molecular weight excluding hydrogens is 447 g/mol. The van der Waals surface area contributed by atoms with E-state index in [2.05, 4.69) is 25.5 Å². The molecule has 1 saturated heterocycles. The Hall–Kier alpha value is -3.21. The van der Waals surface area contributed by atoms with E-state index in [-0.39, 0.29) is 11.7 Å². The Morgan fingerprint density at radius 1 is 1.19 bits per heavy atom. The second-order valence-electron chi connectivity index (χ2n) is 7.39. The molecule has 0 aliphatic carbocycles. The molecule has 168 valence electrons. The lowest BCUT2D eigenvalue weighted by Crippen LogP contribution is -2.35. The number of amides is 2. The van der Waals surface area contributed by atoms with Gasteiger partial charge >= 0.3 is 12.2 Å². The van der Waals surface area contributed by atoms with Gasteiger partial charge in [0.25, 0.3) is 0 Å². The van der Waals surface area contributed by atoms with Crippen molar-refractivity contribution in [2.75, 3.05) is 11.9 Å². The van der Waals surface area contributed by atoms with Gasteiger partial charge in [0.15, 0.2) is 5.82 Å². The smallest absolute Gasteiger partial charge is 0.314 e. The second kappa shape index (κ2) is 8.73. The number of alkyl halides is 3. The van der Waals surface area contributed by atoms with Crippen molar-refractivity contribution in [2.24, 2.45) is 0 Å². The first-order chi connectivity index (χ1) is 15.2. The van der Waals surface area contributed by atoms with Crippen LogP contribution in [0.5, 0.6) is 0 Å². The molecule has 1 aliphatic rings. The predicted octanol–water partition coefficient (Wildman–Crippen LogP) is 4.47. The van der Waals surface area contributed by atoms with Crippen molar-refractivity contribution >= 4 is 23.3 Å². The van der Waals surface area contributed by atoms with Crippen molar-refractivity contribution in [2.45, 2.75) is 38.5 Å². The number of hydrogen-bond donors (Lipinski definition) is 1. The average molecular weight is 466 g/mol. The summed E-state index contributed by atoms with van der Waals surface area (Å²) in [7, 11) is 0. The Labute approximate surface area is 186 Å². The van der Waals surface area contributed by atoms with Gasteiger partial charge in [-0.15, -0.1) is 10.2 Å². The Balaban J connectivity index is 1.51. The molecule has 0 saturated carbocycles. The summed E-state index contributed by atoms with van der Waals surface area (Å²) in [4.78, 5) is 21.0. The molecule has 3 heterocycles. The number of rotatable bonds is 4. The first-order valence-corrected chi connectivity index (χ1v) is 10.2. The monoisotopic (exact) mass is 465 g/mol. The Morgan fingerprint density at radius 2 is 1.88 bits per heavy atom. The molecule has 0 bridgehead atoms. The van der Waals surface area contributed by atoms with Crippen LogP contribution in [-0.4, -0.2) is 42.2 Å². The zero-order chi connectivity index (χ0) is 22.9. The van der Waals surface area contributed by atoms with Crippen LogP contribution in [0.1, 0.15) is 41.9 Å². The van der Waals surface area contributed by atoms with Crippen molar-refractivity contribution in [3.05, 3.63) is 64.7 Å². The maximum absolute atomic E-state index is 12.9. The van der Waals surface area contributed by atoms with Crippen LogP contribution < -0.4 is 5.32 Å². The lowest BCUT2D eigenvalue weighted by atomic mass is 10.2. The highest BCUT2D eigenvalue weighted by atomic mass is 35.5. The van der Waals surface area contributed by atoms with Crippen LogP contribution >= 0.6 is 11.6 Å². The molecule has 4 rings (SSSR count). The van der Waals surface area contributed by atoms with E-state index < -0.39 is 18.0 Å². The molecule has 32 heavy (non-hydrogen) atoms. The summed E-state index contributed by atoms with van der Waals surface area (Å²) in [5, 5.41) is 11.7. The molecule has 0 radical (unpaired) electrons. The first-order valence-electron chi connectivity index (χ1n) is 9.83. The van der Waals surface area contributed by atoms with Crippen molar-refractivity contribution < 1.29 is 18.0 Å². The van der Waals surface area contributed by atoms with Crippen LogP contribution in [0.15, 0.2) is 36.7 Å². The predicted molar refractivity (Wildman–Crippen MR) is 110 cm³/mol. The van der Waals surface area contributed by atoms with E-state index >= 15 is 0 Å². The molecule has 3 aromatic rings. The van der Waals surface area contributed by atoms with Crippen LogP contribution in [0, 0.1) is 6.92 Å². The molecule has 1 aromatic carbocycles. The summed E-state index contributed by atoms with van der Waals surface area (Å²) in [6.45, 7) is 2.83. The first kappa shape index (κ1) is 22.0. The Morgan fingerprint density at radius 3 is 2.53 bits per heavy atom. The number of urea groups is 1. The van der Waals surface area contributed by atoms with Gasteiger partial charge in [0.2, 0.25) is 5.82 Å². The Bertz CT molecular complexity index is 1100. The number of nitrogens with one attached hydrogen (secondary N) is 1. The van der Waals surface area contributed by atoms with E-state index in [0.29, 0.717) is 36.2 Å². The quantitative estimate of drug-likeness (QED) is 0.614. The number of benzene rings is 1. The number of carbonyl (C=O) groups is 1. The lowest BCUT2D eigenvalue weighted by molar-refractivity contribution is -0.144. The summed E-state index contributed by atoms with van der Waals surface area (Å²) >= 11 is 5.96.